The third-order valence-corrected chi connectivity index (χ3v) is 22.0. The average molecular weight is 1710 g/mol. The number of carboxylic acids is 6. The summed E-state index contributed by atoms with van der Waals surface area (Å²) in [7, 11) is 0. The number of carbonyl (C=O) groups is 6. The van der Waals surface area contributed by atoms with Crippen LogP contribution in [-0.4, -0.2) is 96.4 Å². The van der Waals surface area contributed by atoms with Crippen molar-refractivity contribution in [2.45, 2.75) is 63.0 Å². The number of nitrogens with zero attached hydrogens (tertiary/aromatic N) is 6. The lowest BCUT2D eigenvalue weighted by Crippen LogP contribution is -2.00. The van der Waals surface area contributed by atoms with Crippen LogP contribution in [0.1, 0.15) is 84.4 Å². The number of fused-ring (bicyclic) bond motifs is 1. The molecule has 0 saturated carbocycles. The van der Waals surface area contributed by atoms with Crippen LogP contribution < -0.4 is 0 Å². The Morgan fingerprint density at radius 1 is 0.364 bits per heavy atom. The number of benzene rings is 7. The van der Waals surface area contributed by atoms with Gasteiger partial charge in [0.15, 0.2) is 0 Å². The number of hydrogen-bond donors (Lipinski definition) is 6. The Morgan fingerprint density at radius 3 is 1.25 bits per heavy atom. The van der Waals surface area contributed by atoms with E-state index in [-0.39, 0.29) is 45.0 Å². The van der Waals surface area contributed by atoms with E-state index in [9.17, 15) is 42.7 Å². The van der Waals surface area contributed by atoms with Gasteiger partial charge in [0.1, 0.15) is 41.8 Å². The normalized spacial score (nSPS) is 10.3. The molecule has 18 nitrogen and oxygen atoms in total. The second-order valence-corrected chi connectivity index (χ2v) is 30.0. The molecular weight excluding hydrogens is 1650 g/mol. The zero-order valence-electron chi connectivity index (χ0n) is 56.8. The van der Waals surface area contributed by atoms with Crippen LogP contribution in [0.5, 0.6) is 0 Å². The maximum Gasteiger partial charge on any atom is 0.338 e. The number of halogens is 6. The molecule has 0 saturated heterocycles. The van der Waals surface area contributed by atoms with Gasteiger partial charge in [0, 0.05) is 83.7 Å². The lowest BCUT2D eigenvalue weighted by Gasteiger charge is -2.07. The Kier molecular flexibility index (Phi) is 34.5. The van der Waals surface area contributed by atoms with Crippen molar-refractivity contribution in [1.29, 1.82) is 0 Å². The van der Waals surface area contributed by atoms with Gasteiger partial charge in [0.25, 0.3) is 0 Å². The van der Waals surface area contributed by atoms with Crippen molar-refractivity contribution in [2.75, 3.05) is 0 Å². The van der Waals surface area contributed by atoms with Gasteiger partial charge in [-0.1, -0.05) is 165 Å². The highest BCUT2D eigenvalue weighted by atomic mass is 79.9. The van der Waals surface area contributed by atoms with Gasteiger partial charge in [-0.2, -0.15) is 0 Å². The molecule has 0 bridgehead atoms. The topological polar surface area (TPSA) is 301 Å². The highest BCUT2D eigenvalue weighted by Crippen LogP contribution is 2.36. The van der Waals surface area contributed by atoms with Crippen molar-refractivity contribution < 1.29 is 68.2 Å². The molecule has 0 atom stereocenters. The van der Waals surface area contributed by atoms with Crippen molar-refractivity contribution >= 4 is 168 Å². The number of carboxylic acid groups (broad SMARTS) is 6. The van der Waals surface area contributed by atoms with Gasteiger partial charge < -0.3 is 30.6 Å². The summed E-state index contributed by atoms with van der Waals surface area (Å²) in [5.74, 6) is -4.37. The van der Waals surface area contributed by atoms with E-state index in [0.29, 0.717) is 84.7 Å². The van der Waals surface area contributed by atoms with Gasteiger partial charge in [-0.15, -0.1) is 47.0 Å². The Bertz CT molecular complexity index is 5160. The van der Waals surface area contributed by atoms with Crippen LogP contribution in [0.15, 0.2) is 312 Å². The first-order chi connectivity index (χ1) is 53.0. The molecule has 6 N–H and O–H groups in total. The number of pyridine rings is 6. The molecule has 0 aliphatic rings. The summed E-state index contributed by atoms with van der Waals surface area (Å²) in [6.45, 7) is 0. The Morgan fingerprint density at radius 2 is 0.773 bits per heavy atom. The van der Waals surface area contributed by atoms with Crippen molar-refractivity contribution in [3.05, 3.63) is 354 Å². The standard InChI is InChI=1S/C16H10ClNO2S.C13H10BrNO2S.C13H10ClNO2S.2C13H10FNO2S.C12H8ClNO2S/c17-12-6-2-4-8-14(12)21-15-9-11(16(19)20)10-5-1-3-7-13(10)18-15;14-10-4-1-3-9(7-10)8-18-12-11(13(16)17)5-2-6-15-12;14-11-6-2-1-4-9(11)8-18-12-10(13(16)17)5-3-7-15-12;14-10-4-1-3-9(7-10)8-18-12-11(13(16)17)5-2-6-15-12;14-11-6-2-1-4-9(11)8-18-12-10(13(16)17)5-3-7-15-12;13-8-3-5-9(6-4-8)17-11-10(12(15)16)2-1-7-14-11/h1-9H,(H,19,20);4*1-7H,8H2,(H,16,17);1-7H,(H,15,16). The molecule has 6 aromatic heterocycles. The predicted octanol–water partition coefficient (Wildman–Crippen LogP) is 22.3. The van der Waals surface area contributed by atoms with Crippen LogP contribution >= 0.6 is 121 Å². The van der Waals surface area contributed by atoms with Gasteiger partial charge in [-0.3, -0.25) is 0 Å². The van der Waals surface area contributed by atoms with Crippen LogP contribution in [0.25, 0.3) is 10.9 Å². The van der Waals surface area contributed by atoms with Crippen LogP contribution in [0.3, 0.4) is 0 Å². The molecule has 0 unspecified atom stereocenters. The first-order valence-electron chi connectivity index (χ1n) is 31.9. The third-order valence-electron chi connectivity index (χ3n) is 14.2. The average Bonchev–Trinajstić information content (AvgIpc) is 0.798. The van der Waals surface area contributed by atoms with Crippen LogP contribution in [0.4, 0.5) is 8.78 Å². The van der Waals surface area contributed by atoms with Gasteiger partial charge >= 0.3 is 35.8 Å². The SMILES string of the molecule is O=C(O)c1cc(Sc2ccccc2Cl)nc2ccccc12.O=C(O)c1cccnc1SCc1cccc(Br)c1.O=C(O)c1cccnc1SCc1cccc(F)c1.O=C(O)c1cccnc1SCc1ccccc1Cl.O=C(O)c1cccnc1SCc1ccccc1F.O=C(O)c1cccnc1Sc1ccc(Cl)cc1. The maximum absolute atomic E-state index is 13.4. The Hall–Kier alpha value is -10.2. The highest BCUT2D eigenvalue weighted by Gasteiger charge is 2.18. The molecule has 0 amide bonds. The van der Waals surface area contributed by atoms with E-state index < -0.39 is 35.8 Å². The van der Waals surface area contributed by atoms with Crippen molar-refractivity contribution in [3.8, 4) is 0 Å². The molecule has 0 aliphatic heterocycles. The number of para-hydroxylation sites is 1. The number of aromatic carboxylic acids is 6. The fourth-order valence-corrected chi connectivity index (χ4v) is 15.7. The zero-order chi connectivity index (χ0) is 78.9. The fourth-order valence-electron chi connectivity index (χ4n) is 9.02. The maximum atomic E-state index is 13.4. The number of aromatic nitrogens is 6. The molecule has 6 heterocycles. The van der Waals surface area contributed by atoms with Gasteiger partial charge in [-0.05, 0) is 168 Å². The van der Waals surface area contributed by atoms with E-state index in [2.05, 4.69) is 45.8 Å². The number of rotatable bonds is 22. The van der Waals surface area contributed by atoms with Crippen molar-refractivity contribution in [2.24, 2.45) is 0 Å². The van der Waals surface area contributed by atoms with Gasteiger partial charge in [0.2, 0.25) is 0 Å². The summed E-state index contributed by atoms with van der Waals surface area (Å²) >= 11 is 29.3. The molecule has 0 spiro atoms. The minimum Gasteiger partial charge on any atom is -0.478 e. The van der Waals surface area contributed by atoms with Crippen LogP contribution in [-0.2, 0) is 23.0 Å². The summed E-state index contributed by atoms with van der Waals surface area (Å²) in [6.07, 6.45) is 7.83. The third kappa shape index (κ3) is 27.4. The predicted molar refractivity (Wildman–Crippen MR) is 432 cm³/mol. The molecule has 30 heteroatoms. The molecule has 110 heavy (non-hydrogen) atoms. The Balaban J connectivity index is 0.000000166. The molecule has 13 aromatic rings. The molecule has 13 rings (SSSR count). The molecule has 558 valence electrons. The molecule has 0 aliphatic carbocycles. The molecule has 0 fully saturated rings. The molecule has 7 aromatic carbocycles. The summed E-state index contributed by atoms with van der Waals surface area (Å²) in [5, 5.41) is 60.0. The molecular formula is C80H58BrCl3F2N6O12S6. The summed E-state index contributed by atoms with van der Waals surface area (Å²) in [6, 6.07) is 67.0. The van der Waals surface area contributed by atoms with Crippen molar-refractivity contribution in [1.82, 2.24) is 29.9 Å². The van der Waals surface area contributed by atoms with E-state index >= 15 is 0 Å². The lowest BCUT2D eigenvalue weighted by molar-refractivity contribution is 0.0681. The van der Waals surface area contributed by atoms with E-state index in [1.165, 1.54) is 113 Å². The fraction of sp³-hybridized carbons (Fsp3) is 0.0500. The minimum atomic E-state index is -1.03. The zero-order valence-corrected chi connectivity index (χ0v) is 65.5. The molecule has 0 radical (unpaired) electrons. The number of hydrogen-bond acceptors (Lipinski definition) is 18. The minimum absolute atomic E-state index is 0.138. The summed E-state index contributed by atoms with van der Waals surface area (Å²) < 4.78 is 27.4. The van der Waals surface area contributed by atoms with Crippen LogP contribution in [0.2, 0.25) is 15.1 Å². The summed E-state index contributed by atoms with van der Waals surface area (Å²) in [5.41, 5.74) is 5.29. The monoisotopic (exact) mass is 1710 g/mol. The quantitative estimate of drug-likeness (QED) is 0.0344. The lowest BCUT2D eigenvalue weighted by atomic mass is 10.1. The smallest absolute Gasteiger partial charge is 0.338 e. The van der Waals surface area contributed by atoms with E-state index in [0.717, 1.165) is 31.0 Å². The Labute approximate surface area is 677 Å². The van der Waals surface area contributed by atoms with Gasteiger partial charge in [0.05, 0.1) is 43.9 Å². The van der Waals surface area contributed by atoms with Gasteiger partial charge in [-0.25, -0.2) is 67.5 Å². The number of thioether (sulfide) groups is 4. The van der Waals surface area contributed by atoms with E-state index in [4.69, 9.17) is 60.3 Å². The first-order valence-corrected chi connectivity index (χ1v) is 39.4. The second-order valence-electron chi connectivity index (χ2n) is 21.8. The highest BCUT2D eigenvalue weighted by molar-refractivity contribution is 9.10. The van der Waals surface area contributed by atoms with Crippen LogP contribution in [0, 0.1) is 11.6 Å². The van der Waals surface area contributed by atoms with Crippen molar-refractivity contribution in [3.63, 3.8) is 0 Å². The van der Waals surface area contributed by atoms with E-state index in [1.807, 2.05) is 84.9 Å². The van der Waals surface area contributed by atoms with E-state index in [1.54, 1.807) is 140 Å². The first kappa shape index (κ1) is 85.4. The second kappa shape index (κ2) is 44.5. The summed E-state index contributed by atoms with van der Waals surface area (Å²) in [4.78, 5) is 92.9. The largest absolute Gasteiger partial charge is 0.478 e.